The average Bonchev–Trinajstić information content (AvgIpc) is 3.41. The van der Waals surface area contributed by atoms with Gasteiger partial charge in [0.15, 0.2) is 0 Å². The smallest absolute Gasteiger partial charge is 0.374 e. The summed E-state index contributed by atoms with van der Waals surface area (Å²) in [5.41, 5.74) is 0. The van der Waals surface area contributed by atoms with E-state index in [9.17, 15) is 0 Å². The van der Waals surface area contributed by atoms with E-state index < -0.39 is 8.80 Å². The van der Waals surface area contributed by atoms with Gasteiger partial charge in [-0.05, 0) is 57.9 Å². The summed E-state index contributed by atoms with van der Waals surface area (Å²) in [6, 6.07) is 9.43. The molecule has 8 heteroatoms. The molecule has 2 aromatic heterocycles. The van der Waals surface area contributed by atoms with Crippen LogP contribution in [0.15, 0.2) is 34.3 Å². The molecule has 0 radical (unpaired) electrons. The van der Waals surface area contributed by atoms with Crippen LogP contribution in [0.1, 0.15) is 56.7 Å². The van der Waals surface area contributed by atoms with Gasteiger partial charge < -0.3 is 13.3 Å². The predicted octanol–water partition coefficient (Wildman–Crippen LogP) is 6.55. The Kier molecular flexibility index (Phi) is 12.5. The quantitative estimate of drug-likeness (QED) is 0.155. The SMILES string of the molecule is CCCCN=Cc1ccc(-c2ccc(C=NCCC[Si](OCC)(OCC)OCC)s2)s1. The van der Waals surface area contributed by atoms with Gasteiger partial charge in [-0.15, -0.1) is 22.7 Å². The Bertz CT molecular complexity index is 787. The first kappa shape index (κ1) is 26.1. The van der Waals surface area contributed by atoms with E-state index in [2.05, 4.69) is 41.2 Å². The van der Waals surface area contributed by atoms with Crippen LogP contribution in [-0.2, 0) is 13.3 Å². The van der Waals surface area contributed by atoms with E-state index in [0.29, 0.717) is 19.8 Å². The summed E-state index contributed by atoms with van der Waals surface area (Å²) in [7, 11) is -2.56. The minimum Gasteiger partial charge on any atom is -0.374 e. The van der Waals surface area contributed by atoms with Crippen molar-refractivity contribution in [1.29, 1.82) is 0 Å². The van der Waals surface area contributed by atoms with Crippen molar-refractivity contribution >= 4 is 43.9 Å². The fourth-order valence-electron chi connectivity index (χ4n) is 3.06. The third-order valence-electron chi connectivity index (χ3n) is 4.44. The molecule has 0 fully saturated rings. The van der Waals surface area contributed by atoms with Crippen LogP contribution in [0.2, 0.25) is 6.04 Å². The van der Waals surface area contributed by atoms with E-state index in [0.717, 1.165) is 32.0 Å². The van der Waals surface area contributed by atoms with Crippen LogP contribution in [0, 0.1) is 0 Å². The van der Waals surface area contributed by atoms with Gasteiger partial charge in [0.1, 0.15) is 0 Å². The second-order valence-corrected chi connectivity index (χ2v) is 11.9. The fourth-order valence-corrected chi connectivity index (χ4v) is 7.54. The van der Waals surface area contributed by atoms with Crippen LogP contribution in [0.5, 0.6) is 0 Å². The van der Waals surface area contributed by atoms with Crippen LogP contribution in [0.3, 0.4) is 0 Å². The van der Waals surface area contributed by atoms with Crippen molar-refractivity contribution < 1.29 is 13.3 Å². The Morgan fingerprint density at radius 3 is 1.68 bits per heavy atom. The van der Waals surface area contributed by atoms with Crippen LogP contribution >= 0.6 is 22.7 Å². The molecule has 0 saturated carbocycles. The number of thiophene rings is 2. The number of unbranched alkanes of at least 4 members (excludes halogenated alkanes) is 1. The van der Waals surface area contributed by atoms with Gasteiger partial charge in [-0.3, -0.25) is 9.98 Å². The molecule has 0 aliphatic rings. The summed E-state index contributed by atoms with van der Waals surface area (Å²) in [5, 5.41) is 0. The van der Waals surface area contributed by atoms with Crippen molar-refractivity contribution in [2.24, 2.45) is 9.98 Å². The lowest BCUT2D eigenvalue weighted by atomic mass is 10.3. The average molecular weight is 481 g/mol. The number of nitrogens with zero attached hydrogens (tertiary/aromatic N) is 2. The molecule has 0 spiro atoms. The normalized spacial score (nSPS) is 12.5. The number of hydrogen-bond donors (Lipinski definition) is 0. The van der Waals surface area contributed by atoms with Gasteiger partial charge in [0.05, 0.1) is 0 Å². The largest absolute Gasteiger partial charge is 0.500 e. The lowest BCUT2D eigenvalue weighted by Crippen LogP contribution is -2.46. The number of aliphatic imine (C=N–C) groups is 2. The molecule has 2 rings (SSSR count). The van der Waals surface area contributed by atoms with Crippen molar-refractivity contribution in [2.45, 2.75) is 53.0 Å². The molecule has 0 saturated heterocycles. The molecule has 0 aliphatic carbocycles. The molecular weight excluding hydrogens is 444 g/mol. The highest BCUT2D eigenvalue weighted by atomic mass is 32.1. The van der Waals surface area contributed by atoms with Gasteiger partial charge in [-0.2, -0.15) is 0 Å². The van der Waals surface area contributed by atoms with E-state index in [1.165, 1.54) is 25.9 Å². The van der Waals surface area contributed by atoms with Crippen molar-refractivity contribution in [3.63, 3.8) is 0 Å². The van der Waals surface area contributed by atoms with Crippen molar-refractivity contribution in [3.05, 3.63) is 34.0 Å². The van der Waals surface area contributed by atoms with Gasteiger partial charge in [0, 0.05) is 70.9 Å². The summed E-state index contributed by atoms with van der Waals surface area (Å²) in [4.78, 5) is 14.0. The molecule has 0 unspecified atom stereocenters. The lowest BCUT2D eigenvalue weighted by Gasteiger charge is -2.28. The standard InChI is InChI=1S/C23H36N2O3S2Si/c1-5-9-15-24-18-20-11-13-22(29-20)23-14-12-21(30-23)19-25-16-10-17-31(26-6-2,27-7-3)28-8-4/h11-14,18-19H,5-10,15-17H2,1-4H3. The van der Waals surface area contributed by atoms with Gasteiger partial charge >= 0.3 is 8.80 Å². The Labute approximate surface area is 196 Å². The molecular formula is C23H36N2O3S2Si. The zero-order valence-electron chi connectivity index (χ0n) is 19.3. The highest BCUT2D eigenvalue weighted by Gasteiger charge is 2.39. The highest BCUT2D eigenvalue weighted by molar-refractivity contribution is 7.23. The molecule has 172 valence electrons. The summed E-state index contributed by atoms with van der Waals surface area (Å²) < 4.78 is 17.7. The Morgan fingerprint density at radius 2 is 1.23 bits per heavy atom. The van der Waals surface area contributed by atoms with Crippen LogP contribution in [-0.4, -0.2) is 54.1 Å². The molecule has 2 heterocycles. The predicted molar refractivity (Wildman–Crippen MR) is 138 cm³/mol. The van der Waals surface area contributed by atoms with E-state index >= 15 is 0 Å². The van der Waals surface area contributed by atoms with Gasteiger partial charge in [-0.25, -0.2) is 0 Å². The van der Waals surface area contributed by atoms with Crippen molar-refractivity contribution in [1.82, 2.24) is 0 Å². The zero-order valence-corrected chi connectivity index (χ0v) is 21.9. The van der Waals surface area contributed by atoms with E-state index in [4.69, 9.17) is 13.3 Å². The molecule has 0 bridgehead atoms. The second kappa shape index (κ2) is 14.8. The second-order valence-electron chi connectivity index (χ2n) is 6.91. The molecule has 0 aromatic carbocycles. The summed E-state index contributed by atoms with van der Waals surface area (Å²) in [6.07, 6.45) is 7.19. The minimum absolute atomic E-state index is 0.614. The number of hydrogen-bond acceptors (Lipinski definition) is 7. The van der Waals surface area contributed by atoms with Gasteiger partial charge in [0.2, 0.25) is 0 Å². The van der Waals surface area contributed by atoms with E-state index in [1.807, 2.05) is 33.2 Å². The maximum absolute atomic E-state index is 5.90. The topological polar surface area (TPSA) is 52.4 Å². The first-order chi connectivity index (χ1) is 15.2. The summed E-state index contributed by atoms with van der Waals surface area (Å²) in [5.74, 6) is 0. The molecule has 2 aromatic rings. The van der Waals surface area contributed by atoms with Crippen LogP contribution in [0.25, 0.3) is 9.75 Å². The molecule has 31 heavy (non-hydrogen) atoms. The van der Waals surface area contributed by atoms with Crippen LogP contribution < -0.4 is 0 Å². The van der Waals surface area contributed by atoms with Crippen LogP contribution in [0.4, 0.5) is 0 Å². The highest BCUT2D eigenvalue weighted by Crippen LogP contribution is 2.32. The molecule has 0 amide bonds. The Hall–Kier alpha value is -1.16. The summed E-state index contributed by atoms with van der Waals surface area (Å²) >= 11 is 3.56. The van der Waals surface area contributed by atoms with Crippen molar-refractivity contribution in [3.8, 4) is 9.75 Å². The first-order valence-electron chi connectivity index (χ1n) is 11.3. The lowest BCUT2D eigenvalue weighted by molar-refractivity contribution is 0.0710. The Balaban J connectivity index is 1.85. The molecule has 5 nitrogen and oxygen atoms in total. The maximum atomic E-state index is 5.90. The van der Waals surface area contributed by atoms with Gasteiger partial charge in [0.25, 0.3) is 0 Å². The minimum atomic E-state index is -2.56. The van der Waals surface area contributed by atoms with Gasteiger partial charge in [-0.1, -0.05) is 13.3 Å². The third kappa shape index (κ3) is 9.08. The fraction of sp³-hybridized carbons (Fsp3) is 0.565. The van der Waals surface area contributed by atoms with E-state index in [1.54, 1.807) is 22.7 Å². The number of rotatable bonds is 16. The monoisotopic (exact) mass is 480 g/mol. The zero-order chi connectivity index (χ0) is 22.4. The third-order valence-corrected chi connectivity index (χ3v) is 9.82. The summed E-state index contributed by atoms with van der Waals surface area (Å²) in [6.45, 7) is 11.6. The maximum Gasteiger partial charge on any atom is 0.500 e. The van der Waals surface area contributed by atoms with E-state index in [-0.39, 0.29) is 0 Å². The van der Waals surface area contributed by atoms with Crippen molar-refractivity contribution in [2.75, 3.05) is 32.9 Å². The molecule has 0 atom stereocenters. The first-order valence-corrected chi connectivity index (χ1v) is 14.8. The molecule has 0 aliphatic heterocycles. The Morgan fingerprint density at radius 1 is 0.742 bits per heavy atom. The molecule has 0 N–H and O–H groups in total.